The van der Waals surface area contributed by atoms with Gasteiger partial charge in [0.2, 0.25) is 11.3 Å². The van der Waals surface area contributed by atoms with Crippen molar-refractivity contribution in [3.05, 3.63) is 124 Å². The number of rotatable bonds is 7. The molecule has 5 rings (SSSR count). The second kappa shape index (κ2) is 10.2. The van der Waals surface area contributed by atoms with Crippen molar-refractivity contribution in [2.24, 2.45) is 0 Å². The number of nitrogens with two attached hydrogens (primary N) is 1. The fourth-order valence-electron chi connectivity index (χ4n) is 3.85. The van der Waals surface area contributed by atoms with E-state index in [9.17, 15) is 4.79 Å². The van der Waals surface area contributed by atoms with Crippen LogP contribution in [0.1, 0.15) is 11.1 Å². The largest absolute Gasteiger partial charge is 0.440 e. The predicted octanol–water partition coefficient (Wildman–Crippen LogP) is 7.63. The lowest BCUT2D eigenvalue weighted by Gasteiger charge is -2.16. The molecule has 168 valence electrons. The van der Waals surface area contributed by atoms with E-state index in [1.165, 1.54) is 11.1 Å². The van der Waals surface area contributed by atoms with Crippen molar-refractivity contribution in [3.63, 3.8) is 0 Å². The van der Waals surface area contributed by atoms with Crippen LogP contribution in [0.3, 0.4) is 0 Å². The van der Waals surface area contributed by atoms with Crippen LogP contribution in [0.4, 0.5) is 5.88 Å². The Hall–Kier alpha value is -3.41. The first-order chi connectivity index (χ1) is 16.7. The number of para-hydroxylation sites is 1. The van der Waals surface area contributed by atoms with Gasteiger partial charge in [-0.25, -0.2) is 0 Å². The highest BCUT2D eigenvalue weighted by Gasteiger charge is 2.20. The summed E-state index contributed by atoms with van der Waals surface area (Å²) < 4.78 is 5.88. The van der Waals surface area contributed by atoms with Gasteiger partial charge in [0.25, 0.3) is 0 Å². The van der Waals surface area contributed by atoms with Crippen LogP contribution < -0.4 is 11.2 Å². The molecule has 5 heteroatoms. The fourth-order valence-corrected chi connectivity index (χ4v) is 6.18. The van der Waals surface area contributed by atoms with Gasteiger partial charge in [-0.1, -0.05) is 84.9 Å². The molecular formula is C29H23NO2S2. The van der Waals surface area contributed by atoms with Gasteiger partial charge in [-0.05, 0) is 29.3 Å². The summed E-state index contributed by atoms with van der Waals surface area (Å²) in [5.41, 5.74) is 10.4. The standard InChI is InChI=1S/C29H23NO2S2/c30-29-26(27(31)22-14-7-8-16-24(22)32-29)23-15-9-17-25(33-18-20-10-3-1-4-11-20)28(23)34-19-21-12-5-2-6-13-21/h1-17H,18-19,30H2. The molecule has 0 radical (unpaired) electrons. The first-order valence-electron chi connectivity index (χ1n) is 11.0. The van der Waals surface area contributed by atoms with Crippen LogP contribution in [0.2, 0.25) is 0 Å². The maximum absolute atomic E-state index is 13.5. The molecule has 4 aromatic carbocycles. The van der Waals surface area contributed by atoms with E-state index in [2.05, 4.69) is 42.5 Å². The Balaban J connectivity index is 1.60. The van der Waals surface area contributed by atoms with Crippen LogP contribution >= 0.6 is 23.5 Å². The first kappa shape index (κ1) is 22.4. The van der Waals surface area contributed by atoms with Gasteiger partial charge in [-0.2, -0.15) is 0 Å². The van der Waals surface area contributed by atoms with E-state index in [1.54, 1.807) is 35.7 Å². The number of hydrogen-bond acceptors (Lipinski definition) is 5. The second-order valence-corrected chi connectivity index (χ2v) is 9.85. The van der Waals surface area contributed by atoms with Crippen molar-refractivity contribution in [3.8, 4) is 11.1 Å². The smallest absolute Gasteiger partial charge is 0.202 e. The molecular weight excluding hydrogens is 458 g/mol. The molecule has 3 nitrogen and oxygen atoms in total. The Bertz CT molecular complexity index is 1480. The summed E-state index contributed by atoms with van der Waals surface area (Å²) in [6.07, 6.45) is 0. The van der Waals surface area contributed by atoms with E-state index in [1.807, 2.05) is 48.5 Å². The highest BCUT2D eigenvalue weighted by atomic mass is 32.2. The summed E-state index contributed by atoms with van der Waals surface area (Å²) in [6, 6.07) is 34.0. The van der Waals surface area contributed by atoms with Gasteiger partial charge in [-0.3, -0.25) is 4.79 Å². The molecule has 2 N–H and O–H groups in total. The van der Waals surface area contributed by atoms with E-state index in [0.29, 0.717) is 16.5 Å². The molecule has 0 saturated carbocycles. The Labute approximate surface area is 207 Å². The van der Waals surface area contributed by atoms with Crippen LogP contribution in [-0.2, 0) is 11.5 Å². The van der Waals surface area contributed by atoms with Crippen LogP contribution in [0, 0.1) is 0 Å². The maximum atomic E-state index is 13.5. The van der Waals surface area contributed by atoms with E-state index in [4.69, 9.17) is 10.2 Å². The van der Waals surface area contributed by atoms with E-state index >= 15 is 0 Å². The summed E-state index contributed by atoms with van der Waals surface area (Å²) in [7, 11) is 0. The molecule has 0 atom stereocenters. The molecule has 1 aromatic heterocycles. The molecule has 0 fully saturated rings. The third kappa shape index (κ3) is 4.76. The minimum Gasteiger partial charge on any atom is -0.440 e. The fraction of sp³-hybridized carbons (Fsp3) is 0.0690. The van der Waals surface area contributed by atoms with Crippen molar-refractivity contribution in [1.82, 2.24) is 0 Å². The molecule has 0 aliphatic rings. The van der Waals surface area contributed by atoms with Gasteiger partial charge in [0.05, 0.1) is 10.9 Å². The average Bonchev–Trinajstić information content (AvgIpc) is 2.88. The molecule has 5 aromatic rings. The van der Waals surface area contributed by atoms with Crippen LogP contribution in [0.5, 0.6) is 0 Å². The average molecular weight is 482 g/mol. The molecule has 0 aliphatic heterocycles. The number of hydrogen-bond donors (Lipinski definition) is 1. The van der Waals surface area contributed by atoms with Gasteiger partial charge in [-0.15, -0.1) is 23.5 Å². The van der Waals surface area contributed by atoms with E-state index < -0.39 is 0 Å². The highest BCUT2D eigenvalue weighted by Crippen LogP contribution is 2.42. The van der Waals surface area contributed by atoms with Crippen molar-refractivity contribution < 1.29 is 4.42 Å². The number of thioether (sulfide) groups is 2. The lowest BCUT2D eigenvalue weighted by atomic mass is 10.0. The Morgan fingerprint density at radius 2 is 1.29 bits per heavy atom. The van der Waals surface area contributed by atoms with Crippen LogP contribution in [0.15, 0.2) is 122 Å². The lowest BCUT2D eigenvalue weighted by molar-refractivity contribution is 0.626. The van der Waals surface area contributed by atoms with Gasteiger partial charge in [0, 0.05) is 26.9 Å². The summed E-state index contributed by atoms with van der Waals surface area (Å²) in [5, 5.41) is 0.535. The minimum absolute atomic E-state index is 0.105. The monoisotopic (exact) mass is 481 g/mol. The molecule has 0 spiro atoms. The molecule has 34 heavy (non-hydrogen) atoms. The quantitative estimate of drug-likeness (QED) is 0.242. The van der Waals surface area contributed by atoms with Gasteiger partial charge >= 0.3 is 0 Å². The van der Waals surface area contributed by atoms with Crippen LogP contribution in [-0.4, -0.2) is 0 Å². The number of fused-ring (bicyclic) bond motifs is 1. The molecule has 0 saturated heterocycles. The zero-order chi connectivity index (χ0) is 23.3. The van der Waals surface area contributed by atoms with Gasteiger partial charge in [0.1, 0.15) is 5.58 Å². The number of benzene rings is 4. The van der Waals surface area contributed by atoms with Crippen molar-refractivity contribution in [2.75, 3.05) is 5.73 Å². The number of anilines is 1. The topological polar surface area (TPSA) is 56.2 Å². The summed E-state index contributed by atoms with van der Waals surface area (Å²) in [6.45, 7) is 0. The third-order valence-corrected chi connectivity index (χ3v) is 8.00. The lowest BCUT2D eigenvalue weighted by Crippen LogP contribution is -2.09. The zero-order valence-corrected chi connectivity index (χ0v) is 20.1. The SMILES string of the molecule is Nc1oc2ccccc2c(=O)c1-c1cccc(SCc2ccccc2)c1SCc1ccccc1. The van der Waals surface area contributed by atoms with Crippen molar-refractivity contribution >= 4 is 40.4 Å². The predicted molar refractivity (Wildman–Crippen MR) is 144 cm³/mol. The second-order valence-electron chi connectivity index (χ2n) is 7.85. The molecule has 0 unspecified atom stereocenters. The molecule has 1 heterocycles. The summed E-state index contributed by atoms with van der Waals surface area (Å²) in [5.74, 6) is 1.77. The highest BCUT2D eigenvalue weighted by molar-refractivity contribution is 8.01. The minimum atomic E-state index is -0.105. The van der Waals surface area contributed by atoms with Crippen molar-refractivity contribution in [2.45, 2.75) is 21.3 Å². The van der Waals surface area contributed by atoms with Gasteiger partial charge in [0.15, 0.2) is 0 Å². The van der Waals surface area contributed by atoms with Crippen molar-refractivity contribution in [1.29, 1.82) is 0 Å². The molecule has 0 aliphatic carbocycles. The van der Waals surface area contributed by atoms with E-state index in [0.717, 1.165) is 26.9 Å². The van der Waals surface area contributed by atoms with Gasteiger partial charge < -0.3 is 10.2 Å². The summed E-state index contributed by atoms with van der Waals surface area (Å²) in [4.78, 5) is 15.7. The third-order valence-electron chi connectivity index (χ3n) is 5.54. The summed E-state index contributed by atoms with van der Waals surface area (Å²) >= 11 is 3.49. The normalized spacial score (nSPS) is 11.1. The maximum Gasteiger partial charge on any atom is 0.202 e. The van der Waals surface area contributed by atoms with E-state index in [-0.39, 0.29) is 11.3 Å². The Kier molecular flexibility index (Phi) is 6.74. The number of nitrogen functional groups attached to an aromatic ring is 1. The molecule has 0 bridgehead atoms. The zero-order valence-electron chi connectivity index (χ0n) is 18.4. The first-order valence-corrected chi connectivity index (χ1v) is 13.0. The Morgan fingerprint density at radius 1 is 0.676 bits per heavy atom. The molecule has 0 amide bonds. The van der Waals surface area contributed by atoms with Crippen LogP contribution in [0.25, 0.3) is 22.1 Å². The Morgan fingerprint density at radius 3 is 2.00 bits per heavy atom.